The third kappa shape index (κ3) is 4.73. The van der Waals surface area contributed by atoms with Gasteiger partial charge in [-0.2, -0.15) is 0 Å². The zero-order valence-electron chi connectivity index (χ0n) is 15.4. The van der Waals surface area contributed by atoms with E-state index in [1.54, 1.807) is 18.2 Å². The first-order valence-corrected chi connectivity index (χ1v) is 10.3. The molecule has 1 unspecified atom stereocenters. The minimum absolute atomic E-state index is 0.0478. The Bertz CT molecular complexity index is 801. The van der Waals surface area contributed by atoms with Crippen LogP contribution in [0.1, 0.15) is 50.1 Å². The molecule has 0 bridgehead atoms. The highest BCUT2D eigenvalue weighted by molar-refractivity contribution is 7.15. The monoisotopic (exact) mass is 411 g/mol. The molecule has 2 aromatic rings. The molecule has 1 heterocycles. The van der Waals surface area contributed by atoms with E-state index in [1.807, 2.05) is 13.8 Å². The van der Waals surface area contributed by atoms with Crippen LogP contribution in [0.25, 0.3) is 10.6 Å². The Morgan fingerprint density at radius 2 is 2.00 bits per heavy atom. The number of halogens is 2. The lowest BCUT2D eigenvalue weighted by Gasteiger charge is -2.19. The van der Waals surface area contributed by atoms with Crippen molar-refractivity contribution in [3.8, 4) is 10.6 Å². The van der Waals surface area contributed by atoms with Gasteiger partial charge in [-0.05, 0) is 43.9 Å². The Hall–Kier alpha value is -1.23. The second kappa shape index (κ2) is 9.12. The van der Waals surface area contributed by atoms with E-state index in [9.17, 15) is 9.59 Å². The fourth-order valence-corrected chi connectivity index (χ4v) is 4.47. The van der Waals surface area contributed by atoms with Gasteiger partial charge in [-0.15, -0.1) is 11.3 Å². The molecule has 0 saturated heterocycles. The molecule has 0 aliphatic heterocycles. The maximum absolute atomic E-state index is 12.9. The summed E-state index contributed by atoms with van der Waals surface area (Å²) in [4.78, 5) is 30.2. The van der Waals surface area contributed by atoms with E-state index in [2.05, 4.69) is 18.8 Å². The van der Waals surface area contributed by atoms with E-state index in [1.165, 1.54) is 11.3 Å². The van der Waals surface area contributed by atoms with Gasteiger partial charge in [0.1, 0.15) is 17.2 Å². The average molecular weight is 412 g/mol. The number of nitrogens with zero attached hydrogens (tertiary/aromatic N) is 1. The molecule has 0 amide bonds. The Kier molecular flexibility index (Phi) is 7.39. The Balaban J connectivity index is 2.40. The molecule has 0 N–H and O–H groups in total. The second-order valence-corrected chi connectivity index (χ2v) is 8.88. The molecule has 0 spiro atoms. The van der Waals surface area contributed by atoms with Gasteiger partial charge in [0.25, 0.3) is 0 Å². The number of aldehydes is 1. The predicted octanol–water partition coefficient (Wildman–Crippen LogP) is 6.35. The van der Waals surface area contributed by atoms with Gasteiger partial charge < -0.3 is 4.79 Å². The van der Waals surface area contributed by atoms with Crippen molar-refractivity contribution in [1.29, 1.82) is 0 Å². The fraction of sp³-hybridized carbons (Fsp3) is 0.450. The number of rotatable bonds is 8. The zero-order chi connectivity index (χ0) is 19.4. The Morgan fingerprint density at radius 1 is 1.31 bits per heavy atom. The van der Waals surface area contributed by atoms with Crippen LogP contribution in [0.3, 0.4) is 0 Å². The molecule has 1 aromatic heterocycles. The molecule has 0 saturated carbocycles. The molecular weight excluding hydrogens is 389 g/mol. The summed E-state index contributed by atoms with van der Waals surface area (Å²) in [5.41, 5.74) is 1.24. The minimum atomic E-state index is -0.832. The lowest BCUT2D eigenvalue weighted by atomic mass is 9.84. The largest absolute Gasteiger partial charge is 0.302 e. The summed E-state index contributed by atoms with van der Waals surface area (Å²) in [7, 11) is 0. The third-order valence-corrected chi connectivity index (χ3v) is 5.96. The van der Waals surface area contributed by atoms with E-state index in [4.69, 9.17) is 23.2 Å². The molecule has 1 aromatic carbocycles. The van der Waals surface area contributed by atoms with Crippen LogP contribution >= 0.6 is 34.5 Å². The topological polar surface area (TPSA) is 47.0 Å². The number of hydrogen-bond acceptors (Lipinski definition) is 4. The number of aromatic nitrogens is 1. The summed E-state index contributed by atoms with van der Waals surface area (Å²) >= 11 is 13.8. The van der Waals surface area contributed by atoms with Gasteiger partial charge in [-0.3, -0.25) is 4.79 Å². The van der Waals surface area contributed by atoms with Crippen LogP contribution in [0.5, 0.6) is 0 Å². The van der Waals surface area contributed by atoms with Crippen LogP contribution in [0.4, 0.5) is 0 Å². The number of thiazole rings is 1. The minimum Gasteiger partial charge on any atom is -0.302 e. The van der Waals surface area contributed by atoms with Crippen LogP contribution in [0.15, 0.2) is 18.2 Å². The van der Waals surface area contributed by atoms with Crippen molar-refractivity contribution in [2.45, 2.75) is 46.5 Å². The summed E-state index contributed by atoms with van der Waals surface area (Å²) in [6, 6.07) is 5.18. The van der Waals surface area contributed by atoms with E-state index >= 15 is 0 Å². The number of ketones is 1. The van der Waals surface area contributed by atoms with Crippen LogP contribution < -0.4 is 0 Å². The van der Waals surface area contributed by atoms with E-state index in [0.29, 0.717) is 32.2 Å². The molecule has 2 rings (SSSR count). The van der Waals surface area contributed by atoms with Crippen LogP contribution in [-0.4, -0.2) is 17.1 Å². The van der Waals surface area contributed by atoms with Gasteiger partial charge in [0.2, 0.25) is 0 Å². The molecule has 140 valence electrons. The number of carbonyl (C=O) groups excluding carboxylic acids is 2. The van der Waals surface area contributed by atoms with Crippen molar-refractivity contribution in [3.63, 3.8) is 0 Å². The average Bonchev–Trinajstić information content (AvgIpc) is 2.96. The molecular formula is C20H23Cl2NO2S. The highest BCUT2D eigenvalue weighted by atomic mass is 35.5. The van der Waals surface area contributed by atoms with Crippen molar-refractivity contribution in [1.82, 2.24) is 4.98 Å². The molecule has 26 heavy (non-hydrogen) atoms. The first kappa shape index (κ1) is 21.1. The molecule has 0 radical (unpaired) electrons. The van der Waals surface area contributed by atoms with Crippen LogP contribution in [-0.2, 0) is 9.59 Å². The van der Waals surface area contributed by atoms with E-state index < -0.39 is 5.92 Å². The summed E-state index contributed by atoms with van der Waals surface area (Å²) in [5.74, 6) is -0.618. The summed E-state index contributed by atoms with van der Waals surface area (Å²) < 4.78 is 0. The van der Waals surface area contributed by atoms with Gasteiger partial charge in [0, 0.05) is 21.4 Å². The first-order chi connectivity index (χ1) is 12.3. The van der Waals surface area contributed by atoms with Crippen molar-refractivity contribution in [2.75, 3.05) is 0 Å². The standard InChI is InChI=1S/C20H23Cl2NO2S/c1-5-13(8-11(2)3)19(25)16(10-24)18-12(4)26-20(23-18)15-9-14(21)6-7-17(15)22/h6-7,9-11,13,16H,5,8H2,1-4H3/t13-,16?/m1/s1. The lowest BCUT2D eigenvalue weighted by molar-refractivity contribution is -0.128. The van der Waals surface area contributed by atoms with Gasteiger partial charge in [0.15, 0.2) is 5.78 Å². The fourth-order valence-electron chi connectivity index (χ4n) is 3.05. The zero-order valence-corrected chi connectivity index (χ0v) is 17.7. The molecule has 2 atom stereocenters. The Morgan fingerprint density at radius 3 is 2.58 bits per heavy atom. The summed E-state index contributed by atoms with van der Waals surface area (Å²) in [5, 5.41) is 1.77. The molecule has 3 nitrogen and oxygen atoms in total. The summed E-state index contributed by atoms with van der Waals surface area (Å²) in [6.07, 6.45) is 2.21. The smallest absolute Gasteiger partial charge is 0.152 e. The van der Waals surface area contributed by atoms with Crippen LogP contribution in [0, 0.1) is 18.8 Å². The van der Waals surface area contributed by atoms with Crippen molar-refractivity contribution < 1.29 is 9.59 Å². The number of benzene rings is 1. The van der Waals surface area contributed by atoms with Crippen molar-refractivity contribution in [2.24, 2.45) is 11.8 Å². The van der Waals surface area contributed by atoms with Crippen molar-refractivity contribution in [3.05, 3.63) is 38.8 Å². The number of aryl methyl sites for hydroxylation is 1. The third-order valence-electron chi connectivity index (χ3n) is 4.38. The Labute approximate surface area is 168 Å². The van der Waals surface area contributed by atoms with Crippen molar-refractivity contribution >= 4 is 46.6 Å². The molecule has 0 aliphatic rings. The van der Waals surface area contributed by atoms with Crippen LogP contribution in [0.2, 0.25) is 10.0 Å². The molecule has 0 fully saturated rings. The van der Waals surface area contributed by atoms with Gasteiger partial charge >= 0.3 is 0 Å². The number of hydrogen-bond donors (Lipinski definition) is 0. The number of Topliss-reactive ketones (excluding diaryl/α,β-unsaturated/α-hetero) is 1. The number of carbonyl (C=O) groups is 2. The maximum atomic E-state index is 12.9. The van der Waals surface area contributed by atoms with E-state index in [0.717, 1.165) is 24.0 Å². The highest BCUT2D eigenvalue weighted by Crippen LogP contribution is 2.37. The van der Waals surface area contributed by atoms with Gasteiger partial charge in [-0.25, -0.2) is 4.98 Å². The highest BCUT2D eigenvalue weighted by Gasteiger charge is 2.31. The molecule has 0 aliphatic carbocycles. The SMILES string of the molecule is CC[C@H](CC(C)C)C(=O)C(C=O)c1nc(-c2cc(Cl)ccc2Cl)sc1C. The maximum Gasteiger partial charge on any atom is 0.152 e. The lowest BCUT2D eigenvalue weighted by Crippen LogP contribution is -2.25. The first-order valence-electron chi connectivity index (χ1n) is 8.70. The molecule has 6 heteroatoms. The van der Waals surface area contributed by atoms with Gasteiger partial charge in [0.05, 0.1) is 10.7 Å². The normalized spacial score (nSPS) is 13.7. The van der Waals surface area contributed by atoms with Gasteiger partial charge in [-0.1, -0.05) is 44.0 Å². The predicted molar refractivity (Wildman–Crippen MR) is 109 cm³/mol. The summed E-state index contributed by atoms with van der Waals surface area (Å²) in [6.45, 7) is 8.03. The quantitative estimate of drug-likeness (QED) is 0.375. The second-order valence-electron chi connectivity index (χ2n) is 6.84. The van der Waals surface area contributed by atoms with E-state index in [-0.39, 0.29) is 11.7 Å².